The van der Waals surface area contributed by atoms with Gasteiger partial charge < -0.3 is 10.8 Å². The predicted octanol–water partition coefficient (Wildman–Crippen LogP) is 2.52. The van der Waals surface area contributed by atoms with Crippen molar-refractivity contribution >= 4 is 33.7 Å². The summed E-state index contributed by atoms with van der Waals surface area (Å²) in [4.78, 5) is 15.0. The van der Waals surface area contributed by atoms with E-state index >= 15 is 0 Å². The van der Waals surface area contributed by atoms with Crippen LogP contribution >= 0.6 is 27.7 Å². The van der Waals surface area contributed by atoms with Crippen LogP contribution in [0.15, 0.2) is 27.8 Å². The molecule has 4 nitrogen and oxygen atoms in total. The Morgan fingerprint density at radius 2 is 2.41 bits per heavy atom. The lowest BCUT2D eigenvalue weighted by atomic mass is 9.98. The fraction of sp³-hybridized carbons (Fsp3) is 0.455. The molecule has 94 valence electrons. The quantitative estimate of drug-likeness (QED) is 0.622. The van der Waals surface area contributed by atoms with Gasteiger partial charge in [-0.15, -0.1) is 11.8 Å². The molecule has 0 aromatic carbocycles. The van der Waals surface area contributed by atoms with Gasteiger partial charge in [0.05, 0.1) is 0 Å². The number of aromatic nitrogens is 1. The smallest absolute Gasteiger partial charge is 0.323 e. The molecule has 1 atom stereocenters. The number of thioether (sulfide) groups is 1. The van der Waals surface area contributed by atoms with Crippen molar-refractivity contribution in [1.29, 1.82) is 0 Å². The number of nitrogens with zero attached hydrogens (tertiary/aromatic N) is 1. The van der Waals surface area contributed by atoms with Gasteiger partial charge in [0.25, 0.3) is 0 Å². The summed E-state index contributed by atoms with van der Waals surface area (Å²) in [5.74, 6) is -0.156. The summed E-state index contributed by atoms with van der Waals surface area (Å²) < 4.78 is 0.957. The first-order chi connectivity index (χ1) is 7.93. The Kier molecular flexibility index (Phi) is 5.42. The van der Waals surface area contributed by atoms with E-state index in [4.69, 9.17) is 10.8 Å². The molecule has 0 saturated heterocycles. The van der Waals surface area contributed by atoms with Crippen molar-refractivity contribution in [3.63, 3.8) is 0 Å². The first-order valence-electron chi connectivity index (χ1n) is 5.19. The van der Waals surface area contributed by atoms with Crippen LogP contribution in [0.5, 0.6) is 0 Å². The molecule has 0 bridgehead atoms. The van der Waals surface area contributed by atoms with Crippen molar-refractivity contribution in [3.05, 3.63) is 22.8 Å². The minimum atomic E-state index is -1.14. The van der Waals surface area contributed by atoms with Crippen molar-refractivity contribution < 1.29 is 9.90 Å². The van der Waals surface area contributed by atoms with E-state index in [1.165, 1.54) is 6.92 Å². The molecule has 0 spiro atoms. The topological polar surface area (TPSA) is 76.2 Å². The van der Waals surface area contributed by atoms with Crippen LogP contribution in [0, 0.1) is 0 Å². The van der Waals surface area contributed by atoms with Gasteiger partial charge in [0, 0.05) is 10.7 Å². The van der Waals surface area contributed by atoms with Gasteiger partial charge in [-0.2, -0.15) is 0 Å². The number of hydrogen-bond acceptors (Lipinski definition) is 4. The van der Waals surface area contributed by atoms with Crippen molar-refractivity contribution in [3.8, 4) is 0 Å². The molecule has 1 unspecified atom stereocenters. The van der Waals surface area contributed by atoms with Gasteiger partial charge in [0.1, 0.15) is 10.6 Å². The summed E-state index contributed by atoms with van der Waals surface area (Å²) in [7, 11) is 0. The Balaban J connectivity index is 2.35. The minimum Gasteiger partial charge on any atom is -0.480 e. The molecule has 0 radical (unpaired) electrons. The van der Waals surface area contributed by atoms with E-state index in [0.717, 1.165) is 21.7 Å². The minimum absolute atomic E-state index is 0.458. The number of carboxylic acid groups (broad SMARTS) is 1. The van der Waals surface area contributed by atoms with Gasteiger partial charge in [0.2, 0.25) is 0 Å². The normalized spacial score (nSPS) is 14.3. The molecule has 1 aromatic heterocycles. The van der Waals surface area contributed by atoms with Crippen LogP contribution in [0.1, 0.15) is 19.8 Å². The highest BCUT2D eigenvalue weighted by Crippen LogP contribution is 2.25. The molecule has 0 fully saturated rings. The summed E-state index contributed by atoms with van der Waals surface area (Å²) in [5.41, 5.74) is 4.50. The summed E-state index contributed by atoms with van der Waals surface area (Å²) in [6, 6.07) is 3.79. The third-order valence-electron chi connectivity index (χ3n) is 2.29. The van der Waals surface area contributed by atoms with Crippen molar-refractivity contribution in [2.45, 2.75) is 30.3 Å². The Hall–Kier alpha value is -0.590. The Morgan fingerprint density at radius 3 is 3.00 bits per heavy atom. The molecule has 0 aliphatic rings. The molecule has 0 amide bonds. The van der Waals surface area contributed by atoms with Gasteiger partial charge in [-0.3, -0.25) is 4.79 Å². The highest BCUT2D eigenvalue weighted by atomic mass is 79.9. The Labute approximate surface area is 113 Å². The van der Waals surface area contributed by atoms with Gasteiger partial charge in [-0.1, -0.05) is 0 Å². The van der Waals surface area contributed by atoms with Crippen LogP contribution in [-0.2, 0) is 4.79 Å². The Bertz CT molecular complexity index is 399. The van der Waals surface area contributed by atoms with E-state index in [1.54, 1.807) is 18.0 Å². The first kappa shape index (κ1) is 14.5. The number of halogens is 1. The van der Waals surface area contributed by atoms with Gasteiger partial charge in [-0.25, -0.2) is 4.98 Å². The van der Waals surface area contributed by atoms with Crippen molar-refractivity contribution in [2.75, 3.05) is 5.75 Å². The third-order valence-corrected chi connectivity index (χ3v) is 4.29. The zero-order valence-corrected chi connectivity index (χ0v) is 11.9. The molecule has 6 heteroatoms. The summed E-state index contributed by atoms with van der Waals surface area (Å²) >= 11 is 5.00. The van der Waals surface area contributed by atoms with Crippen LogP contribution < -0.4 is 5.73 Å². The van der Waals surface area contributed by atoms with Crippen LogP contribution in [0.2, 0.25) is 0 Å². The second-order valence-electron chi connectivity index (χ2n) is 3.97. The maximum absolute atomic E-state index is 10.8. The highest BCUT2D eigenvalue weighted by Gasteiger charge is 2.26. The lowest BCUT2D eigenvalue weighted by Crippen LogP contribution is -2.44. The van der Waals surface area contributed by atoms with Gasteiger partial charge in [-0.05, 0) is 53.6 Å². The van der Waals surface area contributed by atoms with Crippen LogP contribution in [0.3, 0.4) is 0 Å². The fourth-order valence-electron chi connectivity index (χ4n) is 1.19. The molecule has 1 heterocycles. The van der Waals surface area contributed by atoms with Crippen molar-refractivity contribution in [1.82, 2.24) is 4.98 Å². The van der Waals surface area contributed by atoms with Crippen LogP contribution in [0.25, 0.3) is 0 Å². The maximum atomic E-state index is 10.8. The van der Waals surface area contributed by atoms with Crippen LogP contribution in [0.4, 0.5) is 0 Å². The fourth-order valence-corrected chi connectivity index (χ4v) is 2.61. The standard InChI is InChI=1S/C11H15BrN2O2S/c1-11(13,10(15)16)5-3-7-17-9-8(12)4-2-6-14-9/h2,4,6H,3,5,7,13H2,1H3,(H,15,16). The second kappa shape index (κ2) is 6.37. The zero-order chi connectivity index (χ0) is 12.9. The SMILES string of the molecule is CC(N)(CCCSc1ncccc1Br)C(=O)O. The highest BCUT2D eigenvalue weighted by molar-refractivity contribution is 9.10. The zero-order valence-electron chi connectivity index (χ0n) is 9.52. The largest absolute Gasteiger partial charge is 0.480 e. The maximum Gasteiger partial charge on any atom is 0.323 e. The molecule has 3 N–H and O–H groups in total. The van der Waals surface area contributed by atoms with Gasteiger partial charge >= 0.3 is 5.97 Å². The molecule has 1 rings (SSSR count). The Morgan fingerprint density at radius 1 is 1.71 bits per heavy atom. The molecule has 0 saturated carbocycles. The average Bonchev–Trinajstić information content (AvgIpc) is 2.26. The second-order valence-corrected chi connectivity index (χ2v) is 5.90. The van der Waals surface area contributed by atoms with E-state index in [2.05, 4.69) is 20.9 Å². The number of aliphatic carboxylic acids is 1. The number of carbonyl (C=O) groups is 1. The number of carboxylic acids is 1. The van der Waals surface area contributed by atoms with E-state index in [9.17, 15) is 4.79 Å². The lowest BCUT2D eigenvalue weighted by molar-refractivity contribution is -0.142. The summed E-state index contributed by atoms with van der Waals surface area (Å²) in [6.07, 6.45) is 2.93. The van der Waals surface area contributed by atoms with Crippen molar-refractivity contribution in [2.24, 2.45) is 5.73 Å². The molecule has 17 heavy (non-hydrogen) atoms. The predicted molar refractivity (Wildman–Crippen MR) is 72.1 cm³/mol. The molecular weight excluding hydrogens is 304 g/mol. The van der Waals surface area contributed by atoms with E-state index in [0.29, 0.717) is 6.42 Å². The number of rotatable bonds is 6. The molecule has 1 aromatic rings. The number of hydrogen-bond donors (Lipinski definition) is 2. The van der Waals surface area contributed by atoms with Gasteiger partial charge in [0.15, 0.2) is 0 Å². The number of nitrogens with two attached hydrogens (primary N) is 1. The monoisotopic (exact) mass is 318 g/mol. The first-order valence-corrected chi connectivity index (χ1v) is 6.97. The van der Waals surface area contributed by atoms with E-state index in [1.807, 2.05) is 12.1 Å². The van der Waals surface area contributed by atoms with E-state index in [-0.39, 0.29) is 0 Å². The lowest BCUT2D eigenvalue weighted by Gasteiger charge is -2.18. The van der Waals surface area contributed by atoms with Crippen LogP contribution in [-0.4, -0.2) is 27.4 Å². The molecular formula is C11H15BrN2O2S. The summed E-state index contributed by atoms with van der Waals surface area (Å²) in [6.45, 7) is 1.54. The average molecular weight is 319 g/mol. The summed E-state index contributed by atoms with van der Waals surface area (Å²) in [5, 5.41) is 9.77. The number of pyridine rings is 1. The molecule has 0 aliphatic heterocycles. The molecule has 0 aliphatic carbocycles. The third kappa shape index (κ3) is 4.65. The van der Waals surface area contributed by atoms with E-state index < -0.39 is 11.5 Å².